The van der Waals surface area contributed by atoms with E-state index in [9.17, 15) is 18.0 Å². The molecule has 0 radical (unpaired) electrons. The molecule has 2 aromatic rings. The molecular weight excluding hydrogens is 539 g/mol. The normalized spacial score (nSPS) is 17.2. The summed E-state index contributed by atoms with van der Waals surface area (Å²) < 4.78 is 42.0. The smallest absolute Gasteiger partial charge is 0.348 e. The molecule has 180 valence electrons. The van der Waals surface area contributed by atoms with Crippen molar-refractivity contribution in [1.82, 2.24) is 10.2 Å². The van der Waals surface area contributed by atoms with Crippen molar-refractivity contribution in [3.05, 3.63) is 62.1 Å². The minimum atomic E-state index is -4.59. The lowest BCUT2D eigenvalue weighted by Crippen LogP contribution is -2.42. The molecule has 0 aromatic heterocycles. The number of piperidine rings is 1. The number of hydrogen-bond acceptors (Lipinski definition) is 4. The summed E-state index contributed by atoms with van der Waals surface area (Å²) in [6, 6.07) is 7.73. The summed E-state index contributed by atoms with van der Waals surface area (Å²) in [5.74, 6) is 0.258. The first-order chi connectivity index (χ1) is 15.6. The van der Waals surface area contributed by atoms with E-state index in [-0.39, 0.29) is 34.7 Å². The van der Waals surface area contributed by atoms with Gasteiger partial charge in [-0.3, -0.25) is 9.69 Å². The second-order valence-corrected chi connectivity index (χ2v) is 10.6. The van der Waals surface area contributed by atoms with Crippen molar-refractivity contribution in [2.75, 3.05) is 18.8 Å². The number of likely N-dealkylation sites (tertiary alicyclic amines) is 1. The fourth-order valence-electron chi connectivity index (χ4n) is 3.90. The monoisotopic (exact) mass is 563 g/mol. The predicted octanol–water partition coefficient (Wildman–Crippen LogP) is 6.09. The molecule has 1 heterocycles. The molecule has 10 heteroatoms. The van der Waals surface area contributed by atoms with Crippen LogP contribution in [0.5, 0.6) is 0 Å². The number of nitrogens with two attached hydrogens (primary N) is 1. The third kappa shape index (κ3) is 7.11. The Labute approximate surface area is 209 Å². The summed E-state index contributed by atoms with van der Waals surface area (Å²) in [5.41, 5.74) is 6.05. The summed E-state index contributed by atoms with van der Waals surface area (Å²) in [6.45, 7) is 3.53. The highest BCUT2D eigenvalue weighted by Gasteiger charge is 2.36. The molecule has 0 bridgehead atoms. The molecule has 1 aliphatic rings. The Hall–Kier alpha value is -1.26. The van der Waals surface area contributed by atoms with E-state index in [0.29, 0.717) is 18.1 Å². The van der Waals surface area contributed by atoms with Crippen LogP contribution in [0.2, 0.25) is 5.02 Å². The topological polar surface area (TPSA) is 58.4 Å². The van der Waals surface area contributed by atoms with E-state index in [1.54, 1.807) is 23.9 Å². The van der Waals surface area contributed by atoms with Gasteiger partial charge in [0, 0.05) is 45.6 Å². The minimum absolute atomic E-state index is 0.0424. The fraction of sp³-hybridized carbons (Fsp3) is 0.435. The number of hydrogen-bond donors (Lipinski definition) is 2. The van der Waals surface area contributed by atoms with Crippen LogP contribution in [0.25, 0.3) is 0 Å². The Bertz CT molecular complexity index is 1010. The average Bonchev–Trinajstić information content (AvgIpc) is 2.74. The molecule has 1 atom stereocenters. The quantitative estimate of drug-likeness (QED) is 0.400. The van der Waals surface area contributed by atoms with Gasteiger partial charge in [-0.1, -0.05) is 34.5 Å². The van der Waals surface area contributed by atoms with Crippen molar-refractivity contribution in [2.45, 2.75) is 50.0 Å². The van der Waals surface area contributed by atoms with Gasteiger partial charge in [-0.2, -0.15) is 13.2 Å². The molecular formula is C23H26BrClF3N3OS. The Morgan fingerprint density at radius 1 is 1.33 bits per heavy atom. The van der Waals surface area contributed by atoms with E-state index < -0.39 is 17.6 Å². The third-order valence-corrected chi connectivity index (χ3v) is 7.39. The summed E-state index contributed by atoms with van der Waals surface area (Å²) in [7, 11) is 0. The van der Waals surface area contributed by atoms with Crippen LogP contribution in [0.4, 0.5) is 13.2 Å². The highest BCUT2D eigenvalue weighted by molar-refractivity contribution is 9.10. The van der Waals surface area contributed by atoms with Crippen LogP contribution in [0, 0.1) is 0 Å². The van der Waals surface area contributed by atoms with Gasteiger partial charge in [-0.15, -0.1) is 11.8 Å². The minimum Gasteiger partial charge on any atom is -0.348 e. The average molecular weight is 565 g/mol. The molecule has 3 rings (SSSR count). The molecule has 33 heavy (non-hydrogen) atoms. The number of carbonyl (C=O) groups is 1. The van der Waals surface area contributed by atoms with E-state index in [1.165, 1.54) is 6.07 Å². The molecule has 1 fully saturated rings. The molecule has 0 aliphatic carbocycles. The van der Waals surface area contributed by atoms with E-state index >= 15 is 0 Å². The molecule has 1 amide bonds. The molecule has 0 saturated carbocycles. The SMILES string of the molecule is CCSc1ccc(Cl)cc1CNC(=O)c1cc(Br)c(CN2CCCC(N)C2)c(C(F)(F)F)c1. The first kappa shape index (κ1) is 26.3. The number of nitrogens with one attached hydrogen (secondary N) is 1. The third-order valence-electron chi connectivity index (χ3n) is 5.45. The van der Waals surface area contributed by atoms with Crippen LogP contribution in [0.1, 0.15) is 46.8 Å². The number of amides is 1. The Balaban J connectivity index is 1.83. The molecule has 3 N–H and O–H groups in total. The standard InChI is InChI=1S/C23H26BrClF3N3OS/c1-2-33-21-6-5-16(25)8-15(21)11-30-22(32)14-9-19(23(26,27)28)18(20(24)10-14)13-31-7-3-4-17(29)12-31/h5-6,8-10,17H,2-4,7,11-13,29H2,1H3,(H,30,32). The predicted molar refractivity (Wildman–Crippen MR) is 131 cm³/mol. The summed E-state index contributed by atoms with van der Waals surface area (Å²) in [5, 5.41) is 3.26. The number of carbonyl (C=O) groups excluding carboxylic acids is 1. The zero-order valence-electron chi connectivity index (χ0n) is 18.1. The summed E-state index contributed by atoms with van der Waals surface area (Å²) in [4.78, 5) is 15.7. The number of thioether (sulfide) groups is 1. The van der Waals surface area contributed by atoms with Gasteiger partial charge in [0.2, 0.25) is 0 Å². The second-order valence-electron chi connectivity index (χ2n) is 7.99. The number of benzene rings is 2. The maximum atomic E-state index is 13.9. The first-order valence-corrected chi connectivity index (χ1v) is 12.8. The Morgan fingerprint density at radius 2 is 2.09 bits per heavy atom. The fourth-order valence-corrected chi connectivity index (χ4v) is 5.47. The van der Waals surface area contributed by atoms with Crippen molar-refractivity contribution in [2.24, 2.45) is 5.73 Å². The zero-order valence-corrected chi connectivity index (χ0v) is 21.3. The largest absolute Gasteiger partial charge is 0.416 e. The first-order valence-electron chi connectivity index (χ1n) is 10.7. The molecule has 0 spiro atoms. The lowest BCUT2D eigenvalue weighted by atomic mass is 10.00. The lowest BCUT2D eigenvalue weighted by molar-refractivity contribution is -0.138. The number of rotatable bonds is 7. The Morgan fingerprint density at radius 3 is 2.76 bits per heavy atom. The Kier molecular flexibility index (Phi) is 9.14. The highest BCUT2D eigenvalue weighted by Crippen LogP contribution is 2.37. The van der Waals surface area contributed by atoms with Crippen LogP contribution >= 0.6 is 39.3 Å². The molecule has 1 unspecified atom stereocenters. The van der Waals surface area contributed by atoms with Gasteiger partial charge in [0.15, 0.2) is 0 Å². The molecule has 1 aliphatic heterocycles. The van der Waals surface area contributed by atoms with E-state index in [4.69, 9.17) is 17.3 Å². The maximum Gasteiger partial charge on any atom is 0.416 e. The van der Waals surface area contributed by atoms with E-state index in [2.05, 4.69) is 21.2 Å². The van der Waals surface area contributed by atoms with Gasteiger partial charge in [0.25, 0.3) is 5.91 Å². The summed E-state index contributed by atoms with van der Waals surface area (Å²) >= 11 is 11.0. The van der Waals surface area contributed by atoms with Crippen molar-refractivity contribution < 1.29 is 18.0 Å². The van der Waals surface area contributed by atoms with Gasteiger partial charge >= 0.3 is 6.18 Å². The van der Waals surface area contributed by atoms with E-state index in [1.807, 2.05) is 17.9 Å². The van der Waals surface area contributed by atoms with E-state index in [0.717, 1.165) is 35.1 Å². The maximum absolute atomic E-state index is 13.9. The van der Waals surface area contributed by atoms with Crippen molar-refractivity contribution in [3.63, 3.8) is 0 Å². The highest BCUT2D eigenvalue weighted by atomic mass is 79.9. The van der Waals surface area contributed by atoms with Crippen LogP contribution in [-0.2, 0) is 19.3 Å². The number of nitrogens with zero attached hydrogens (tertiary/aromatic N) is 1. The molecule has 2 aromatic carbocycles. The lowest BCUT2D eigenvalue weighted by Gasteiger charge is -2.31. The van der Waals surface area contributed by atoms with Gasteiger partial charge in [0.05, 0.1) is 5.56 Å². The van der Waals surface area contributed by atoms with Gasteiger partial charge < -0.3 is 11.1 Å². The van der Waals surface area contributed by atoms with Crippen LogP contribution in [0.3, 0.4) is 0 Å². The number of alkyl halides is 3. The van der Waals surface area contributed by atoms with Gasteiger partial charge in [-0.25, -0.2) is 0 Å². The van der Waals surface area contributed by atoms with Crippen molar-refractivity contribution in [3.8, 4) is 0 Å². The van der Waals surface area contributed by atoms with Crippen LogP contribution < -0.4 is 11.1 Å². The van der Waals surface area contributed by atoms with Crippen LogP contribution in [0.15, 0.2) is 39.7 Å². The van der Waals surface area contributed by atoms with Crippen molar-refractivity contribution >= 4 is 45.2 Å². The van der Waals surface area contributed by atoms with Crippen LogP contribution in [-0.4, -0.2) is 35.7 Å². The second kappa shape index (κ2) is 11.4. The zero-order chi connectivity index (χ0) is 24.2. The van der Waals surface area contributed by atoms with Crippen molar-refractivity contribution in [1.29, 1.82) is 0 Å². The van der Waals surface area contributed by atoms with Gasteiger partial charge in [-0.05, 0) is 66.6 Å². The molecule has 1 saturated heterocycles. The van der Waals surface area contributed by atoms with Gasteiger partial charge in [0.1, 0.15) is 0 Å². The molecule has 4 nitrogen and oxygen atoms in total. The summed E-state index contributed by atoms with van der Waals surface area (Å²) in [6.07, 6.45) is -2.87. The number of halogens is 5.